The molecule has 26 aromatic rings. The Balaban J connectivity index is 0.000000163. The van der Waals surface area contributed by atoms with E-state index in [2.05, 4.69) is 505 Å². The number of furan rings is 6. The number of rotatable bonds is 6. The molecule has 150 heavy (non-hydrogen) atoms. The number of benzene rings is 20. The molecule has 0 fully saturated rings. The van der Waals surface area contributed by atoms with Gasteiger partial charge in [-0.3, -0.25) is 0 Å². The van der Waals surface area contributed by atoms with E-state index in [-0.39, 0.29) is 59.4 Å². The van der Waals surface area contributed by atoms with Crippen LogP contribution in [0.5, 0.6) is 0 Å². The highest BCUT2D eigenvalue weighted by Crippen LogP contribution is 2.43. The van der Waals surface area contributed by atoms with Gasteiger partial charge in [0.05, 0.1) is 0 Å². The van der Waals surface area contributed by atoms with Gasteiger partial charge >= 0.3 is 0 Å². The number of fused-ring (bicyclic) bond motifs is 18. The minimum atomic E-state index is 0. The molecule has 0 atom stereocenters. The van der Waals surface area contributed by atoms with Crippen molar-refractivity contribution in [3.8, 4) is 66.8 Å². The number of hydrogen-bond acceptors (Lipinski definition) is 6. The smallest absolute Gasteiger partial charge is 0.143 e. The number of aryl methyl sites for hydroxylation is 16. The molecule has 0 N–H and O–H groups in total. The lowest BCUT2D eigenvalue weighted by Crippen LogP contribution is -1.80. The van der Waals surface area contributed by atoms with E-state index in [9.17, 15) is 0 Å². The summed E-state index contributed by atoms with van der Waals surface area (Å²) in [6, 6.07) is 145. The molecule has 0 aliphatic rings. The fourth-order valence-electron chi connectivity index (χ4n) is 19.1. The van der Waals surface area contributed by atoms with Crippen molar-refractivity contribution in [1.29, 1.82) is 0 Å². The molecule has 0 spiro atoms. The molecule has 0 unspecified atom stereocenters. The summed E-state index contributed by atoms with van der Waals surface area (Å²) in [6.45, 7) is 33.7. The monoisotopic (exact) mass is 1970 g/mol. The lowest BCUT2D eigenvalue weighted by atomic mass is 9.99. The average molecular weight is 1970 g/mol. The van der Waals surface area contributed by atoms with Gasteiger partial charge in [0.1, 0.15) is 67.0 Å². The molecule has 0 aliphatic heterocycles. The summed E-state index contributed by atoms with van der Waals surface area (Å²) < 4.78 is 36.0. The van der Waals surface area contributed by atoms with Crippen molar-refractivity contribution in [2.45, 2.75) is 170 Å². The molecule has 0 bridgehead atoms. The largest absolute Gasteiger partial charge is 0.456 e. The maximum absolute atomic E-state index is 6.29. The Morgan fingerprint density at radius 1 is 0.113 bits per heavy atom. The molecular weight excluding hydrogens is 1830 g/mol. The molecule has 760 valence electrons. The highest BCUT2D eigenvalue weighted by Gasteiger charge is 2.19. The van der Waals surface area contributed by atoms with Crippen molar-refractivity contribution in [3.63, 3.8) is 0 Å². The predicted molar refractivity (Wildman–Crippen MR) is 657 cm³/mol. The first-order valence-corrected chi connectivity index (χ1v) is 48.9. The zero-order chi connectivity index (χ0) is 98.3. The van der Waals surface area contributed by atoms with E-state index in [1.54, 1.807) is 0 Å². The molecule has 6 aromatic heterocycles. The van der Waals surface area contributed by atoms with E-state index in [0.29, 0.717) is 0 Å². The summed E-state index contributed by atoms with van der Waals surface area (Å²) in [6.07, 6.45) is 0. The lowest BCUT2D eigenvalue weighted by molar-refractivity contribution is 0.662. The van der Waals surface area contributed by atoms with Crippen LogP contribution in [0.1, 0.15) is 148 Å². The fraction of sp³-hybridized carbons (Fsp3) is 0.167. The maximum Gasteiger partial charge on any atom is 0.143 e. The molecule has 26 rings (SSSR count). The quantitative estimate of drug-likeness (QED) is 0.165. The predicted octanol–water partition coefficient (Wildman–Crippen LogP) is 44.9. The van der Waals surface area contributed by atoms with E-state index < -0.39 is 0 Å². The van der Waals surface area contributed by atoms with E-state index in [1.165, 1.54) is 209 Å². The number of para-hydroxylation sites is 7. The zero-order valence-corrected chi connectivity index (χ0v) is 83.7. The van der Waals surface area contributed by atoms with Crippen LogP contribution in [0.25, 0.3) is 198 Å². The third kappa shape index (κ3) is 25.0. The Morgan fingerprint density at radius 3 is 0.687 bits per heavy atom. The van der Waals surface area contributed by atoms with E-state index in [1.807, 2.05) is 18.2 Å². The van der Waals surface area contributed by atoms with Crippen LogP contribution >= 0.6 is 0 Å². The number of hydrogen-bond donors (Lipinski definition) is 0. The van der Waals surface area contributed by atoms with Crippen molar-refractivity contribution in [1.82, 2.24) is 0 Å². The summed E-state index contributed by atoms with van der Waals surface area (Å²) in [7, 11) is 0. The van der Waals surface area contributed by atoms with Crippen LogP contribution in [0, 0.1) is 111 Å². The third-order valence-corrected chi connectivity index (χ3v) is 26.6. The third-order valence-electron chi connectivity index (χ3n) is 26.6. The molecule has 6 heteroatoms. The summed E-state index contributed by atoms with van der Waals surface area (Å²) in [5.41, 5.74) is 46.7. The molecular formula is C144H148O6. The SMILES string of the molecule is C.C.C.C.C.C.C.C.Cc1cc(C)c2oc3ccccc3c2c1.Cc1ccc(-c2ccc(C)cc2)cc1.Cc1ccc(-c2cccc(C)c2)cc1.Cc1ccc2oc3c(C)cccc3c2c1.Cc1cccc(-c2ccc3oc4c(-c5cccc(C)c5)cccc4c3c2)c1.Cc1cccc(-c2ccc3oc4c(C)cccc4c3c2)c1.Cc1cccc(-c2cccc3c2oc2ccc(C)cc23)c1.Cc1cccc2c1oc1c(C)cccc12. The van der Waals surface area contributed by atoms with Crippen molar-refractivity contribution in [2.24, 2.45) is 0 Å². The molecule has 20 aromatic carbocycles. The van der Waals surface area contributed by atoms with Gasteiger partial charge in [-0.1, -0.05) is 467 Å². The second kappa shape index (κ2) is 50.1. The van der Waals surface area contributed by atoms with Crippen molar-refractivity contribution in [2.75, 3.05) is 0 Å². The van der Waals surface area contributed by atoms with Crippen LogP contribution < -0.4 is 0 Å². The van der Waals surface area contributed by atoms with Gasteiger partial charge in [0.25, 0.3) is 0 Å². The Bertz CT molecular complexity index is 8970. The van der Waals surface area contributed by atoms with Crippen molar-refractivity contribution < 1.29 is 26.5 Å². The summed E-state index contributed by atoms with van der Waals surface area (Å²) in [4.78, 5) is 0. The Morgan fingerprint density at radius 2 is 0.333 bits per heavy atom. The average Bonchev–Trinajstić information content (AvgIpc) is 1.61. The molecule has 0 amide bonds. The molecule has 6 heterocycles. The first kappa shape index (κ1) is 114. The first-order chi connectivity index (χ1) is 68.9. The van der Waals surface area contributed by atoms with Gasteiger partial charge in [-0.05, 0) is 260 Å². The molecule has 0 saturated carbocycles. The maximum atomic E-state index is 6.29. The summed E-state index contributed by atoms with van der Waals surface area (Å²) in [5, 5.41) is 14.4. The topological polar surface area (TPSA) is 78.8 Å². The molecule has 0 radical (unpaired) electrons. The summed E-state index contributed by atoms with van der Waals surface area (Å²) in [5.74, 6) is 0. The standard InChI is InChI=1S/C26H20O.2C20H16O.3C14H12O.2C14H14.8CH4/c1-17-6-3-8-19(14-17)20-12-13-25-24(16-20)23-11-5-10-22(26(23)27-25)21-9-4-7-18(2)15-21;1-13-5-3-7-15(11-13)16-9-10-19-18(12-16)17-8-4-6-14(2)20(17)21-19;1-13-5-3-6-15(11-13)16-7-4-8-17-18-12-14(2)9-10-19(18)21-20(16)17;1-9-5-3-7-11-12-8-4-6-10(2)14(12)15-13(9)11;1-9-6-7-13-12(8-9)11-5-3-4-10(2)14(11)15-13;1-9-7-10(2)14-12(8-9)11-5-3-4-6-13(11)15-14;1-11-3-7-13(8-4-11)14-9-5-12(2)6-10-14;1-11-6-8-13(9-7-11)14-5-3-4-12(2)10-14;;;;;;;;/h3-16H,1-2H3;2*3-12H,1-2H3;3*3-8H,1-2H3;2*3-10H,1-2H3;8*1H4. The van der Waals surface area contributed by atoms with E-state index >= 15 is 0 Å². The van der Waals surface area contributed by atoms with Gasteiger partial charge in [0.2, 0.25) is 0 Å². The van der Waals surface area contributed by atoms with Crippen LogP contribution in [-0.4, -0.2) is 0 Å². The molecule has 0 saturated heterocycles. The van der Waals surface area contributed by atoms with Gasteiger partial charge in [0.15, 0.2) is 0 Å². The lowest BCUT2D eigenvalue weighted by Gasteiger charge is -2.04. The van der Waals surface area contributed by atoms with Crippen LogP contribution in [0.3, 0.4) is 0 Å². The van der Waals surface area contributed by atoms with Crippen LogP contribution in [0.15, 0.2) is 439 Å². The minimum Gasteiger partial charge on any atom is -0.456 e. The zero-order valence-electron chi connectivity index (χ0n) is 83.7. The normalized spacial score (nSPS) is 10.5. The van der Waals surface area contributed by atoms with Gasteiger partial charge in [-0.2, -0.15) is 0 Å². The highest BCUT2D eigenvalue weighted by atomic mass is 16.3. The second-order valence-corrected chi connectivity index (χ2v) is 38.1. The van der Waals surface area contributed by atoms with Gasteiger partial charge < -0.3 is 26.5 Å². The highest BCUT2D eigenvalue weighted by molar-refractivity contribution is 6.13. The van der Waals surface area contributed by atoms with Crippen LogP contribution in [0.2, 0.25) is 0 Å². The van der Waals surface area contributed by atoms with Crippen molar-refractivity contribution >= 4 is 132 Å². The van der Waals surface area contributed by atoms with Crippen molar-refractivity contribution in [3.05, 3.63) is 502 Å². The van der Waals surface area contributed by atoms with E-state index in [0.717, 1.165) is 78.1 Å². The minimum absolute atomic E-state index is 0. The summed E-state index contributed by atoms with van der Waals surface area (Å²) >= 11 is 0. The van der Waals surface area contributed by atoms with Gasteiger partial charge in [0, 0.05) is 75.8 Å². The Labute approximate surface area is 890 Å². The van der Waals surface area contributed by atoms with Crippen LogP contribution in [-0.2, 0) is 0 Å². The van der Waals surface area contributed by atoms with E-state index in [4.69, 9.17) is 26.5 Å². The fourth-order valence-corrected chi connectivity index (χ4v) is 19.1. The molecule has 0 aliphatic carbocycles. The molecule has 6 nitrogen and oxygen atoms in total. The van der Waals surface area contributed by atoms with Crippen LogP contribution in [0.4, 0.5) is 0 Å². The Hall–Kier alpha value is -16.8. The first-order valence-electron chi connectivity index (χ1n) is 48.9. The second-order valence-electron chi connectivity index (χ2n) is 38.1. The van der Waals surface area contributed by atoms with Gasteiger partial charge in [-0.25, -0.2) is 0 Å². The van der Waals surface area contributed by atoms with Gasteiger partial charge in [-0.15, -0.1) is 0 Å². The Kier molecular flexibility index (Phi) is 37.9.